The first kappa shape index (κ1) is 9.05. The molecule has 3 nitrogen and oxygen atoms in total. The fourth-order valence-electron chi connectivity index (χ4n) is 0.617. The monoisotopic (exact) mass is 193 g/mol. The van der Waals surface area contributed by atoms with Gasteiger partial charge in [-0.2, -0.15) is 8.78 Å². The summed E-state index contributed by atoms with van der Waals surface area (Å²) < 4.78 is 25.3. The lowest BCUT2D eigenvalue weighted by molar-refractivity contribution is -0.166. The Hall–Kier alpha value is -1.04. The standard InChI is InChI=1S/C6H5F2NO2S/c1-3-9-4(2-12-3)6(7,8)5(10)11/h2H,1H3,(H,10,11). The molecule has 0 fully saturated rings. The van der Waals surface area contributed by atoms with E-state index in [1.165, 1.54) is 6.92 Å². The highest BCUT2D eigenvalue weighted by Gasteiger charge is 2.43. The molecule has 6 heteroatoms. The zero-order chi connectivity index (χ0) is 9.35. The van der Waals surface area contributed by atoms with Gasteiger partial charge >= 0.3 is 11.9 Å². The Bertz CT molecular complexity index is 310. The number of halogens is 2. The molecule has 0 aliphatic rings. The van der Waals surface area contributed by atoms with Gasteiger partial charge in [0, 0.05) is 5.38 Å². The summed E-state index contributed by atoms with van der Waals surface area (Å²) in [4.78, 5) is 13.4. The number of rotatable bonds is 2. The average Bonchev–Trinajstić information content (AvgIpc) is 2.35. The third-order valence-electron chi connectivity index (χ3n) is 1.21. The number of aryl methyl sites for hydroxylation is 1. The Morgan fingerprint density at radius 2 is 2.33 bits per heavy atom. The molecule has 1 rings (SSSR count). The van der Waals surface area contributed by atoms with Crippen LogP contribution in [0.15, 0.2) is 5.38 Å². The number of thiazole rings is 1. The molecular formula is C6H5F2NO2S. The van der Waals surface area contributed by atoms with Gasteiger partial charge in [0.1, 0.15) is 5.69 Å². The van der Waals surface area contributed by atoms with E-state index in [0.717, 1.165) is 16.7 Å². The van der Waals surface area contributed by atoms with Crippen molar-refractivity contribution >= 4 is 17.3 Å². The van der Waals surface area contributed by atoms with Crippen LogP contribution in [0.4, 0.5) is 8.78 Å². The maximum atomic E-state index is 12.6. The number of hydrogen-bond donors (Lipinski definition) is 1. The van der Waals surface area contributed by atoms with Crippen LogP contribution in [0.1, 0.15) is 10.7 Å². The second-order valence-electron chi connectivity index (χ2n) is 2.13. The molecule has 0 bridgehead atoms. The zero-order valence-corrected chi connectivity index (χ0v) is 6.86. The van der Waals surface area contributed by atoms with Crippen molar-refractivity contribution in [2.24, 2.45) is 0 Å². The van der Waals surface area contributed by atoms with Crippen molar-refractivity contribution in [3.05, 3.63) is 16.1 Å². The first-order valence-corrected chi connectivity index (χ1v) is 3.86. The fourth-order valence-corrected chi connectivity index (χ4v) is 1.25. The van der Waals surface area contributed by atoms with Crippen LogP contribution in [0.3, 0.4) is 0 Å². The normalized spacial score (nSPS) is 11.6. The number of nitrogens with zero attached hydrogens (tertiary/aromatic N) is 1. The topological polar surface area (TPSA) is 50.2 Å². The lowest BCUT2D eigenvalue weighted by Gasteiger charge is -2.06. The minimum absolute atomic E-state index is 0.422. The number of carbonyl (C=O) groups is 1. The molecule has 1 N–H and O–H groups in total. The molecule has 0 unspecified atom stereocenters. The minimum Gasteiger partial charge on any atom is -0.476 e. The van der Waals surface area contributed by atoms with Crippen LogP contribution in [0.2, 0.25) is 0 Å². The molecule has 0 aliphatic carbocycles. The van der Waals surface area contributed by atoms with Crippen LogP contribution < -0.4 is 0 Å². The summed E-state index contributed by atoms with van der Waals surface area (Å²) in [5.41, 5.74) is -0.697. The van der Waals surface area contributed by atoms with E-state index >= 15 is 0 Å². The van der Waals surface area contributed by atoms with Gasteiger partial charge in [0.05, 0.1) is 5.01 Å². The van der Waals surface area contributed by atoms with E-state index in [1.807, 2.05) is 0 Å². The van der Waals surface area contributed by atoms with E-state index < -0.39 is 17.6 Å². The SMILES string of the molecule is Cc1nc(C(F)(F)C(=O)O)cs1. The van der Waals surface area contributed by atoms with Crippen LogP contribution in [0.5, 0.6) is 0 Å². The molecule has 1 heterocycles. The Kier molecular flexibility index (Phi) is 2.10. The molecular weight excluding hydrogens is 188 g/mol. The predicted molar refractivity (Wildman–Crippen MR) is 38.4 cm³/mol. The fraction of sp³-hybridized carbons (Fsp3) is 0.333. The third kappa shape index (κ3) is 1.42. The second kappa shape index (κ2) is 2.78. The van der Waals surface area contributed by atoms with Gasteiger partial charge in [0.2, 0.25) is 0 Å². The van der Waals surface area contributed by atoms with Crippen LogP contribution >= 0.6 is 11.3 Å². The van der Waals surface area contributed by atoms with Crippen molar-refractivity contribution in [1.82, 2.24) is 4.98 Å². The molecule has 0 radical (unpaired) electrons. The van der Waals surface area contributed by atoms with Gasteiger partial charge in [0.25, 0.3) is 0 Å². The van der Waals surface area contributed by atoms with Crippen molar-refractivity contribution in [2.45, 2.75) is 12.8 Å². The van der Waals surface area contributed by atoms with Gasteiger partial charge in [-0.3, -0.25) is 0 Å². The summed E-state index contributed by atoms with van der Waals surface area (Å²) in [5.74, 6) is -6.04. The molecule has 12 heavy (non-hydrogen) atoms. The summed E-state index contributed by atoms with van der Waals surface area (Å²) in [7, 11) is 0. The number of carboxylic acid groups (broad SMARTS) is 1. The van der Waals surface area contributed by atoms with Crippen LogP contribution in [0, 0.1) is 6.92 Å². The molecule has 0 saturated carbocycles. The van der Waals surface area contributed by atoms with Gasteiger partial charge in [0.15, 0.2) is 0 Å². The maximum Gasteiger partial charge on any atom is 0.385 e. The summed E-state index contributed by atoms with van der Waals surface area (Å²) in [6.45, 7) is 1.53. The van der Waals surface area contributed by atoms with Gasteiger partial charge < -0.3 is 5.11 Å². The van der Waals surface area contributed by atoms with Gasteiger partial charge in [-0.25, -0.2) is 9.78 Å². The Labute approximate surface area is 70.7 Å². The van der Waals surface area contributed by atoms with Crippen LogP contribution in [-0.4, -0.2) is 16.1 Å². The average molecular weight is 193 g/mol. The number of hydrogen-bond acceptors (Lipinski definition) is 3. The summed E-state index contributed by atoms with van der Waals surface area (Å²) in [6, 6.07) is 0. The summed E-state index contributed by atoms with van der Waals surface area (Å²) >= 11 is 0.994. The molecule has 66 valence electrons. The predicted octanol–water partition coefficient (Wildman–Crippen LogP) is 1.63. The van der Waals surface area contributed by atoms with Crippen molar-refractivity contribution in [3.63, 3.8) is 0 Å². The molecule has 0 aliphatic heterocycles. The first-order valence-electron chi connectivity index (χ1n) is 2.98. The van der Waals surface area contributed by atoms with E-state index in [0.29, 0.717) is 5.01 Å². The molecule has 1 aromatic rings. The summed E-state index contributed by atoms with van der Waals surface area (Å²) in [5, 5.41) is 9.59. The first-order chi connectivity index (χ1) is 5.44. The largest absolute Gasteiger partial charge is 0.476 e. The summed E-state index contributed by atoms with van der Waals surface area (Å²) in [6.07, 6.45) is 0. The van der Waals surface area contributed by atoms with E-state index in [4.69, 9.17) is 5.11 Å². The molecule has 0 saturated heterocycles. The van der Waals surface area contributed by atoms with Crippen LogP contribution in [-0.2, 0) is 10.7 Å². The highest BCUT2D eigenvalue weighted by molar-refractivity contribution is 7.09. The van der Waals surface area contributed by atoms with E-state index in [2.05, 4.69) is 4.98 Å². The molecule has 0 amide bonds. The van der Waals surface area contributed by atoms with Gasteiger partial charge in [-0.1, -0.05) is 0 Å². The quantitative estimate of drug-likeness (QED) is 0.776. The molecule has 0 spiro atoms. The van der Waals surface area contributed by atoms with Crippen molar-refractivity contribution in [1.29, 1.82) is 0 Å². The zero-order valence-electron chi connectivity index (χ0n) is 6.04. The lowest BCUT2D eigenvalue weighted by atomic mass is 10.3. The number of carboxylic acids is 1. The maximum absolute atomic E-state index is 12.6. The van der Waals surface area contributed by atoms with Gasteiger partial charge in [-0.15, -0.1) is 11.3 Å². The van der Waals surface area contributed by atoms with Crippen LogP contribution in [0.25, 0.3) is 0 Å². The molecule has 0 aromatic carbocycles. The smallest absolute Gasteiger partial charge is 0.385 e. The minimum atomic E-state index is -3.87. The Morgan fingerprint density at radius 1 is 1.75 bits per heavy atom. The van der Waals surface area contributed by atoms with Gasteiger partial charge in [-0.05, 0) is 6.92 Å². The highest BCUT2D eigenvalue weighted by Crippen LogP contribution is 2.28. The van der Waals surface area contributed by atoms with Crippen molar-refractivity contribution in [3.8, 4) is 0 Å². The number of aliphatic carboxylic acids is 1. The lowest BCUT2D eigenvalue weighted by Crippen LogP contribution is -2.25. The van der Waals surface area contributed by atoms with E-state index in [-0.39, 0.29) is 0 Å². The molecule has 0 atom stereocenters. The van der Waals surface area contributed by atoms with E-state index in [1.54, 1.807) is 0 Å². The molecule has 1 aromatic heterocycles. The second-order valence-corrected chi connectivity index (χ2v) is 3.19. The van der Waals surface area contributed by atoms with Crippen molar-refractivity contribution < 1.29 is 18.7 Å². The number of aromatic nitrogens is 1. The third-order valence-corrected chi connectivity index (χ3v) is 1.98. The van der Waals surface area contributed by atoms with E-state index in [9.17, 15) is 13.6 Å². The number of alkyl halides is 2. The Morgan fingerprint density at radius 3 is 2.67 bits per heavy atom. The highest BCUT2D eigenvalue weighted by atomic mass is 32.1. The van der Waals surface area contributed by atoms with Crippen molar-refractivity contribution in [2.75, 3.05) is 0 Å². The Balaban J connectivity index is 3.05.